The molecule has 1 amide bonds. The van der Waals surface area contributed by atoms with Gasteiger partial charge >= 0.3 is 10.2 Å². The van der Waals surface area contributed by atoms with E-state index in [0.717, 1.165) is 49.0 Å². The van der Waals surface area contributed by atoms with Crippen molar-refractivity contribution in [1.82, 2.24) is 9.62 Å². The summed E-state index contributed by atoms with van der Waals surface area (Å²) in [5.74, 6) is -0.106. The topological polar surface area (TPSA) is 91.4 Å². The summed E-state index contributed by atoms with van der Waals surface area (Å²) in [6, 6.07) is 10.2. The second-order valence-electron chi connectivity index (χ2n) is 9.46. The molecule has 0 spiro atoms. The average Bonchev–Trinajstić information content (AvgIpc) is 3.12. The van der Waals surface area contributed by atoms with E-state index in [-0.39, 0.29) is 18.0 Å². The van der Waals surface area contributed by atoms with Gasteiger partial charge in [-0.3, -0.25) is 9.69 Å². The number of rotatable bonds is 9. The Kier molecular flexibility index (Phi) is 7.89. The molecule has 9 nitrogen and oxygen atoms in total. The molecule has 0 radical (unpaired) electrons. The van der Waals surface area contributed by atoms with Crippen molar-refractivity contribution >= 4 is 27.5 Å². The third-order valence-electron chi connectivity index (χ3n) is 6.40. The fourth-order valence-electron chi connectivity index (χ4n) is 4.29. The van der Waals surface area contributed by atoms with Crippen molar-refractivity contribution in [2.75, 3.05) is 55.6 Å². The zero-order valence-corrected chi connectivity index (χ0v) is 21.7. The molecule has 2 heterocycles. The van der Waals surface area contributed by atoms with Gasteiger partial charge in [0.1, 0.15) is 30.3 Å². The van der Waals surface area contributed by atoms with Crippen LogP contribution in [0.4, 0.5) is 15.8 Å². The second kappa shape index (κ2) is 10.9. The Morgan fingerprint density at radius 2 is 1.78 bits per heavy atom. The first kappa shape index (κ1) is 26.0. The number of amides is 1. The average molecular weight is 521 g/mol. The summed E-state index contributed by atoms with van der Waals surface area (Å²) in [6.07, 6.45) is 1.13. The number of carbonyl (C=O) groups is 1. The number of hydrogen-bond acceptors (Lipinski definition) is 7. The van der Waals surface area contributed by atoms with Crippen LogP contribution in [-0.2, 0) is 21.6 Å². The molecule has 2 saturated heterocycles. The maximum absolute atomic E-state index is 15.5. The number of carbonyl (C=O) groups excluding carboxylic acids is 1. The quantitative estimate of drug-likeness (QED) is 0.544. The van der Waals surface area contributed by atoms with E-state index in [1.165, 1.54) is 6.07 Å². The third kappa shape index (κ3) is 6.01. The molecule has 196 valence electrons. The molecule has 2 aliphatic rings. The molecular weight excluding hydrogens is 487 g/mol. The van der Waals surface area contributed by atoms with Crippen molar-refractivity contribution in [2.24, 2.45) is 5.92 Å². The van der Waals surface area contributed by atoms with Gasteiger partial charge in [-0.25, -0.2) is 13.4 Å². The van der Waals surface area contributed by atoms with E-state index in [1.54, 1.807) is 25.3 Å². The van der Waals surface area contributed by atoms with Gasteiger partial charge in [0.15, 0.2) is 5.82 Å². The molecule has 2 aromatic rings. The van der Waals surface area contributed by atoms with E-state index < -0.39 is 28.5 Å². The van der Waals surface area contributed by atoms with Crippen LogP contribution in [0.1, 0.15) is 25.8 Å². The van der Waals surface area contributed by atoms with Crippen molar-refractivity contribution in [2.45, 2.75) is 26.9 Å². The summed E-state index contributed by atoms with van der Waals surface area (Å²) >= 11 is 0. The number of anilines is 2. The fraction of sp³-hybridized carbons (Fsp3) is 0.480. The number of ether oxygens (including phenoxy) is 2. The third-order valence-corrected chi connectivity index (χ3v) is 7.77. The van der Waals surface area contributed by atoms with Crippen LogP contribution in [0.25, 0.3) is 0 Å². The van der Waals surface area contributed by atoms with E-state index in [1.807, 2.05) is 16.9 Å². The van der Waals surface area contributed by atoms with Crippen molar-refractivity contribution < 1.29 is 27.1 Å². The molecule has 0 aliphatic carbocycles. The number of hydrogen-bond donors (Lipinski definition) is 1. The SMILES string of the molecule is COc1ccc(COc2cc(N3CCN(CCC(C)C)CC3)cc(F)c2N2CC(=O)NS2(=O)=O)cc1. The molecule has 2 aromatic carbocycles. The van der Waals surface area contributed by atoms with Crippen LogP contribution >= 0.6 is 0 Å². The van der Waals surface area contributed by atoms with Gasteiger partial charge in [-0.2, -0.15) is 8.42 Å². The highest BCUT2D eigenvalue weighted by Gasteiger charge is 2.38. The molecular formula is C25H33FN4O5S. The Balaban J connectivity index is 1.59. The van der Waals surface area contributed by atoms with Gasteiger partial charge in [0, 0.05) is 37.9 Å². The maximum atomic E-state index is 15.5. The first-order valence-electron chi connectivity index (χ1n) is 12.1. The lowest BCUT2D eigenvalue weighted by atomic mass is 10.1. The molecule has 4 rings (SSSR count). The minimum atomic E-state index is -4.21. The van der Waals surface area contributed by atoms with E-state index in [0.29, 0.717) is 17.4 Å². The second-order valence-corrected chi connectivity index (χ2v) is 11.1. The van der Waals surface area contributed by atoms with Crippen LogP contribution in [0.3, 0.4) is 0 Å². The number of halogens is 1. The first-order chi connectivity index (χ1) is 17.2. The highest BCUT2D eigenvalue weighted by molar-refractivity contribution is 7.92. The van der Waals surface area contributed by atoms with Crippen molar-refractivity contribution in [3.63, 3.8) is 0 Å². The Morgan fingerprint density at radius 1 is 1.08 bits per heavy atom. The summed E-state index contributed by atoms with van der Waals surface area (Å²) in [7, 11) is -2.64. The summed E-state index contributed by atoms with van der Waals surface area (Å²) in [6.45, 7) is 8.17. The smallest absolute Gasteiger partial charge is 0.326 e. The van der Waals surface area contributed by atoms with Gasteiger partial charge in [-0.1, -0.05) is 26.0 Å². The van der Waals surface area contributed by atoms with Gasteiger partial charge in [-0.05, 0) is 42.6 Å². The summed E-state index contributed by atoms with van der Waals surface area (Å²) in [4.78, 5) is 16.3. The molecule has 0 unspecified atom stereocenters. The summed E-state index contributed by atoms with van der Waals surface area (Å²) in [5, 5.41) is 0. The fourth-order valence-corrected chi connectivity index (χ4v) is 5.46. The van der Waals surface area contributed by atoms with E-state index in [9.17, 15) is 13.2 Å². The summed E-state index contributed by atoms with van der Waals surface area (Å²) < 4.78 is 54.3. The van der Waals surface area contributed by atoms with Crippen LogP contribution in [0.15, 0.2) is 36.4 Å². The zero-order chi connectivity index (χ0) is 25.9. The molecule has 2 fully saturated rings. The van der Waals surface area contributed by atoms with Crippen molar-refractivity contribution in [1.29, 1.82) is 0 Å². The number of nitrogens with one attached hydrogen (secondary N) is 1. The van der Waals surface area contributed by atoms with E-state index >= 15 is 4.39 Å². The van der Waals surface area contributed by atoms with E-state index in [4.69, 9.17) is 9.47 Å². The zero-order valence-electron chi connectivity index (χ0n) is 20.9. The number of nitrogens with zero attached hydrogens (tertiary/aromatic N) is 3. The van der Waals surface area contributed by atoms with Crippen LogP contribution < -0.4 is 23.4 Å². The monoisotopic (exact) mass is 520 g/mol. The minimum absolute atomic E-state index is 0.0585. The molecule has 1 N–H and O–H groups in total. The van der Waals surface area contributed by atoms with Gasteiger partial charge < -0.3 is 14.4 Å². The maximum Gasteiger partial charge on any atom is 0.326 e. The van der Waals surface area contributed by atoms with Crippen molar-refractivity contribution in [3.05, 3.63) is 47.8 Å². The molecule has 0 saturated carbocycles. The molecule has 2 aliphatic heterocycles. The molecule has 0 bridgehead atoms. The lowest BCUT2D eigenvalue weighted by Gasteiger charge is -2.36. The summed E-state index contributed by atoms with van der Waals surface area (Å²) in [5.41, 5.74) is 1.13. The standard InChI is InChI=1S/C25H33FN4O5S/c1-18(2)8-9-28-10-12-29(13-11-28)20-14-22(26)25(30-16-24(31)27-36(30,32)33)23(15-20)35-17-19-4-6-21(34-3)7-5-19/h4-7,14-15,18H,8-13,16-17H2,1-3H3,(H,27,31). The Hall–Kier alpha value is -3.05. The lowest BCUT2D eigenvalue weighted by molar-refractivity contribution is -0.117. The highest BCUT2D eigenvalue weighted by Crippen LogP contribution is 2.39. The van der Waals surface area contributed by atoms with Gasteiger partial charge in [-0.15, -0.1) is 0 Å². The predicted octanol–water partition coefficient (Wildman–Crippen LogP) is 2.76. The number of benzene rings is 2. The minimum Gasteiger partial charge on any atom is -0.497 e. The normalized spacial score (nSPS) is 18.0. The van der Waals surface area contributed by atoms with Crippen LogP contribution in [0.2, 0.25) is 0 Å². The van der Waals surface area contributed by atoms with E-state index in [2.05, 4.69) is 23.6 Å². The largest absolute Gasteiger partial charge is 0.497 e. The number of methoxy groups -OCH3 is 1. The highest BCUT2D eigenvalue weighted by atomic mass is 32.2. The van der Waals surface area contributed by atoms with Crippen LogP contribution in [-0.4, -0.2) is 65.6 Å². The number of piperazine rings is 1. The molecule has 0 aromatic heterocycles. The lowest BCUT2D eigenvalue weighted by Crippen LogP contribution is -2.46. The van der Waals surface area contributed by atoms with Gasteiger partial charge in [0.25, 0.3) is 5.91 Å². The predicted molar refractivity (Wildman–Crippen MR) is 136 cm³/mol. The Labute approximate surface area is 212 Å². The van der Waals surface area contributed by atoms with Crippen molar-refractivity contribution in [3.8, 4) is 11.5 Å². The Bertz CT molecular complexity index is 1180. The van der Waals surface area contributed by atoms with Crippen LogP contribution in [0.5, 0.6) is 11.5 Å². The van der Waals surface area contributed by atoms with Gasteiger partial charge in [0.05, 0.1) is 7.11 Å². The molecule has 36 heavy (non-hydrogen) atoms. The Morgan fingerprint density at radius 3 is 2.36 bits per heavy atom. The van der Waals surface area contributed by atoms with Gasteiger partial charge in [0.2, 0.25) is 0 Å². The molecule has 0 atom stereocenters. The molecule has 11 heteroatoms. The first-order valence-corrected chi connectivity index (χ1v) is 13.5. The van der Waals surface area contributed by atoms with Crippen LogP contribution in [0, 0.1) is 11.7 Å².